The molecule has 24 heavy (non-hydrogen) atoms. The van der Waals surface area contributed by atoms with Crippen molar-refractivity contribution in [3.05, 3.63) is 65.7 Å². The lowest BCUT2D eigenvalue weighted by molar-refractivity contribution is 0.102. The van der Waals surface area contributed by atoms with Crippen molar-refractivity contribution < 1.29 is 18.1 Å². The molecule has 0 unspecified atom stereocenters. The highest BCUT2D eigenvalue weighted by atomic mass is 19.2. The van der Waals surface area contributed by atoms with Gasteiger partial charge >= 0.3 is 0 Å². The monoisotopic (exact) mass is 330 g/mol. The Morgan fingerprint density at radius 3 is 2.58 bits per heavy atom. The summed E-state index contributed by atoms with van der Waals surface area (Å²) in [5.74, 6) is -1.53. The van der Waals surface area contributed by atoms with Crippen LogP contribution in [0.2, 0.25) is 0 Å². The predicted molar refractivity (Wildman–Crippen MR) is 83.1 cm³/mol. The molecule has 1 amide bonds. The highest BCUT2D eigenvalue weighted by Crippen LogP contribution is 2.19. The van der Waals surface area contributed by atoms with E-state index < -0.39 is 17.5 Å². The molecule has 0 aliphatic carbocycles. The molecule has 2 heterocycles. The van der Waals surface area contributed by atoms with Gasteiger partial charge in [0.25, 0.3) is 5.91 Å². The average Bonchev–Trinajstić information content (AvgIpc) is 2.96. The van der Waals surface area contributed by atoms with Gasteiger partial charge in [-0.25, -0.2) is 8.78 Å². The van der Waals surface area contributed by atoms with Gasteiger partial charge in [-0.2, -0.15) is 0 Å². The van der Waals surface area contributed by atoms with Crippen molar-refractivity contribution >= 4 is 23.1 Å². The first-order valence-electron chi connectivity index (χ1n) is 6.94. The normalized spacial score (nSPS) is 10.5. The van der Waals surface area contributed by atoms with Crippen LogP contribution in [0.5, 0.6) is 0 Å². The molecule has 2 N–H and O–H groups in total. The lowest BCUT2D eigenvalue weighted by atomic mass is 10.2. The first-order chi connectivity index (χ1) is 11.5. The van der Waals surface area contributed by atoms with Crippen molar-refractivity contribution in [1.29, 1.82) is 0 Å². The molecule has 6 nitrogen and oxygen atoms in total. The van der Waals surface area contributed by atoms with Crippen LogP contribution in [0.3, 0.4) is 0 Å². The first kappa shape index (κ1) is 15.6. The van der Waals surface area contributed by atoms with Gasteiger partial charge in [0, 0.05) is 29.7 Å². The molecule has 0 bridgehead atoms. The summed E-state index contributed by atoms with van der Waals surface area (Å²) in [5, 5.41) is 9.08. The zero-order chi connectivity index (χ0) is 17.1. The fourth-order valence-corrected chi connectivity index (χ4v) is 1.98. The number of rotatable bonds is 4. The maximum Gasteiger partial charge on any atom is 0.275 e. The van der Waals surface area contributed by atoms with Crippen molar-refractivity contribution in [2.45, 2.75) is 6.92 Å². The van der Waals surface area contributed by atoms with E-state index in [1.807, 2.05) is 0 Å². The summed E-state index contributed by atoms with van der Waals surface area (Å²) < 4.78 is 31.0. The van der Waals surface area contributed by atoms with Crippen LogP contribution in [0.25, 0.3) is 0 Å². The van der Waals surface area contributed by atoms with Crippen LogP contribution in [0, 0.1) is 18.6 Å². The van der Waals surface area contributed by atoms with E-state index in [-0.39, 0.29) is 11.5 Å². The fourth-order valence-electron chi connectivity index (χ4n) is 1.98. The van der Waals surface area contributed by atoms with Gasteiger partial charge in [0.05, 0.1) is 0 Å². The van der Waals surface area contributed by atoms with Gasteiger partial charge < -0.3 is 15.2 Å². The van der Waals surface area contributed by atoms with Crippen LogP contribution in [-0.4, -0.2) is 16.0 Å². The summed E-state index contributed by atoms with van der Waals surface area (Å²) in [7, 11) is 0. The molecule has 0 spiro atoms. The Morgan fingerprint density at radius 1 is 1.08 bits per heavy atom. The van der Waals surface area contributed by atoms with Crippen molar-refractivity contribution in [3.63, 3.8) is 0 Å². The number of anilines is 3. The number of amides is 1. The third kappa shape index (κ3) is 3.54. The highest BCUT2D eigenvalue weighted by Gasteiger charge is 2.11. The van der Waals surface area contributed by atoms with E-state index in [9.17, 15) is 13.6 Å². The van der Waals surface area contributed by atoms with Gasteiger partial charge in [-0.3, -0.25) is 9.78 Å². The number of nitrogens with one attached hydrogen (secondary N) is 2. The number of carbonyl (C=O) groups is 1. The minimum Gasteiger partial charge on any atom is -0.360 e. The summed E-state index contributed by atoms with van der Waals surface area (Å²) in [4.78, 5) is 16.1. The topological polar surface area (TPSA) is 80.0 Å². The van der Waals surface area contributed by atoms with Crippen molar-refractivity contribution in [3.8, 4) is 0 Å². The van der Waals surface area contributed by atoms with E-state index in [1.54, 1.807) is 19.1 Å². The zero-order valence-electron chi connectivity index (χ0n) is 12.5. The third-order valence-electron chi connectivity index (χ3n) is 3.07. The van der Waals surface area contributed by atoms with Gasteiger partial charge in [0.1, 0.15) is 11.5 Å². The SMILES string of the molecule is Cc1cc(NC(=O)c2cc(Nc3ccc(F)c(F)c3)ccn2)no1. The molecule has 0 fully saturated rings. The molecular formula is C16H12F2N4O2. The molecule has 0 aliphatic rings. The second-order valence-electron chi connectivity index (χ2n) is 4.96. The Labute approximate surface area is 135 Å². The number of pyridine rings is 1. The van der Waals surface area contributed by atoms with Crippen LogP contribution in [0.4, 0.5) is 26.0 Å². The summed E-state index contributed by atoms with van der Waals surface area (Å²) in [6.07, 6.45) is 1.42. The van der Waals surface area contributed by atoms with E-state index in [1.165, 1.54) is 18.3 Å². The van der Waals surface area contributed by atoms with Gasteiger partial charge in [0.15, 0.2) is 17.5 Å². The molecular weight excluding hydrogens is 318 g/mol. The van der Waals surface area contributed by atoms with Gasteiger partial charge in [-0.15, -0.1) is 0 Å². The molecule has 0 saturated heterocycles. The molecule has 0 atom stereocenters. The van der Waals surface area contributed by atoms with Crippen molar-refractivity contribution in [1.82, 2.24) is 10.1 Å². The van der Waals surface area contributed by atoms with Crippen molar-refractivity contribution in [2.24, 2.45) is 0 Å². The summed E-state index contributed by atoms with van der Waals surface area (Å²) in [6.45, 7) is 1.70. The summed E-state index contributed by atoms with van der Waals surface area (Å²) in [5.41, 5.74) is 0.972. The van der Waals surface area contributed by atoms with Crippen LogP contribution in [0.15, 0.2) is 47.1 Å². The minimum absolute atomic E-state index is 0.128. The molecule has 0 saturated carbocycles. The molecule has 2 aromatic heterocycles. The Bertz CT molecular complexity index is 895. The Hall–Kier alpha value is -3.29. The highest BCUT2D eigenvalue weighted by molar-refractivity contribution is 6.02. The Kier molecular flexibility index (Phi) is 4.19. The van der Waals surface area contributed by atoms with Gasteiger partial charge in [0.2, 0.25) is 0 Å². The van der Waals surface area contributed by atoms with E-state index in [0.29, 0.717) is 17.1 Å². The fraction of sp³-hybridized carbons (Fsp3) is 0.0625. The maximum absolute atomic E-state index is 13.2. The number of benzene rings is 1. The van der Waals surface area contributed by atoms with Crippen LogP contribution >= 0.6 is 0 Å². The lowest BCUT2D eigenvalue weighted by Gasteiger charge is -2.08. The van der Waals surface area contributed by atoms with Crippen molar-refractivity contribution in [2.75, 3.05) is 10.6 Å². The number of halogens is 2. The van der Waals surface area contributed by atoms with Crippen LogP contribution in [-0.2, 0) is 0 Å². The molecule has 3 rings (SSSR count). The molecule has 3 aromatic rings. The Morgan fingerprint density at radius 2 is 1.88 bits per heavy atom. The van der Waals surface area contributed by atoms with Crippen LogP contribution in [0.1, 0.15) is 16.2 Å². The summed E-state index contributed by atoms with van der Waals surface area (Å²) in [6, 6.07) is 8.06. The molecule has 8 heteroatoms. The number of aryl methyl sites for hydroxylation is 1. The average molecular weight is 330 g/mol. The van der Waals surface area contributed by atoms with Gasteiger partial charge in [-0.05, 0) is 31.2 Å². The number of nitrogens with zero attached hydrogens (tertiary/aromatic N) is 2. The van der Waals surface area contributed by atoms with E-state index >= 15 is 0 Å². The van der Waals surface area contributed by atoms with E-state index in [0.717, 1.165) is 12.1 Å². The largest absolute Gasteiger partial charge is 0.360 e. The molecule has 0 aliphatic heterocycles. The quantitative estimate of drug-likeness (QED) is 0.763. The molecule has 122 valence electrons. The smallest absolute Gasteiger partial charge is 0.275 e. The minimum atomic E-state index is -0.964. The number of carbonyl (C=O) groups excluding carboxylic acids is 1. The molecule has 1 aromatic carbocycles. The van der Waals surface area contributed by atoms with E-state index in [2.05, 4.69) is 20.8 Å². The standard InChI is InChI=1S/C16H12F2N4O2/c1-9-6-15(22-24-9)21-16(23)14-8-11(4-5-19-14)20-10-2-3-12(17)13(18)7-10/h2-8H,1H3,(H,19,20)(H,21,22,23). The second kappa shape index (κ2) is 6.45. The first-order valence-corrected chi connectivity index (χ1v) is 6.94. The second-order valence-corrected chi connectivity index (χ2v) is 4.96. The maximum atomic E-state index is 13.2. The number of aromatic nitrogens is 2. The Balaban J connectivity index is 1.75. The number of hydrogen-bond acceptors (Lipinski definition) is 5. The number of hydrogen-bond donors (Lipinski definition) is 2. The van der Waals surface area contributed by atoms with E-state index in [4.69, 9.17) is 4.52 Å². The van der Waals surface area contributed by atoms with Gasteiger partial charge in [-0.1, -0.05) is 5.16 Å². The predicted octanol–water partition coefficient (Wildman–Crippen LogP) is 3.65. The lowest BCUT2D eigenvalue weighted by Crippen LogP contribution is -2.14. The molecule has 0 radical (unpaired) electrons. The summed E-state index contributed by atoms with van der Waals surface area (Å²) >= 11 is 0. The zero-order valence-corrected chi connectivity index (χ0v) is 12.5. The van der Waals surface area contributed by atoms with Crippen LogP contribution < -0.4 is 10.6 Å². The third-order valence-corrected chi connectivity index (χ3v) is 3.07.